The third-order valence-corrected chi connectivity index (χ3v) is 4.16. The van der Waals surface area contributed by atoms with Crippen molar-refractivity contribution < 1.29 is 0 Å². The fourth-order valence-electron chi connectivity index (χ4n) is 2.24. The average molecular weight is 210 g/mol. The van der Waals surface area contributed by atoms with Gasteiger partial charge in [0.25, 0.3) is 0 Å². The summed E-state index contributed by atoms with van der Waals surface area (Å²) in [5, 5.41) is 0.755. The lowest BCUT2D eigenvalue weighted by atomic mass is 9.90. The molecule has 78 valence electrons. The summed E-state index contributed by atoms with van der Waals surface area (Å²) in [5.41, 5.74) is 7.01. The second kappa shape index (κ2) is 4.30. The monoisotopic (exact) mass is 210 g/mol. The van der Waals surface area contributed by atoms with Crippen molar-refractivity contribution in [2.45, 2.75) is 45.4 Å². The molecule has 1 heterocycles. The van der Waals surface area contributed by atoms with Crippen LogP contribution in [0, 0.1) is 5.92 Å². The molecule has 1 unspecified atom stereocenters. The molecule has 0 amide bonds. The van der Waals surface area contributed by atoms with Crippen LogP contribution in [0.4, 0.5) is 5.13 Å². The minimum Gasteiger partial charge on any atom is -0.375 e. The Labute approximate surface area is 89.5 Å². The lowest BCUT2D eigenvalue weighted by Gasteiger charge is -2.17. The van der Waals surface area contributed by atoms with Crippen LogP contribution in [-0.4, -0.2) is 4.98 Å². The molecule has 0 aromatic carbocycles. The van der Waals surface area contributed by atoms with Gasteiger partial charge in [0.05, 0.1) is 5.69 Å². The molecule has 2 N–H and O–H groups in total. The largest absolute Gasteiger partial charge is 0.375 e. The van der Waals surface area contributed by atoms with E-state index in [-0.39, 0.29) is 0 Å². The Morgan fingerprint density at radius 2 is 2.29 bits per heavy atom. The fourth-order valence-corrected chi connectivity index (χ4v) is 3.13. The van der Waals surface area contributed by atoms with Crippen molar-refractivity contribution in [1.82, 2.24) is 4.98 Å². The zero-order valence-electron chi connectivity index (χ0n) is 8.75. The number of rotatable bonds is 1. The molecular formula is C11H18N2S. The number of aryl methyl sites for hydroxylation is 2. The summed E-state index contributed by atoms with van der Waals surface area (Å²) in [4.78, 5) is 5.85. The van der Waals surface area contributed by atoms with Gasteiger partial charge in [-0.3, -0.25) is 0 Å². The highest BCUT2D eigenvalue weighted by Crippen LogP contribution is 2.29. The Kier molecular flexibility index (Phi) is 3.06. The van der Waals surface area contributed by atoms with Crippen LogP contribution in [-0.2, 0) is 12.8 Å². The molecule has 1 atom stereocenters. The highest BCUT2D eigenvalue weighted by Gasteiger charge is 2.16. The Hall–Kier alpha value is -0.570. The number of nitrogens with zero attached hydrogens (tertiary/aromatic N) is 1. The fraction of sp³-hybridized carbons (Fsp3) is 0.727. The van der Waals surface area contributed by atoms with Crippen molar-refractivity contribution in [3.63, 3.8) is 0 Å². The minimum atomic E-state index is 0.755. The van der Waals surface area contributed by atoms with Crippen LogP contribution in [0.5, 0.6) is 0 Å². The highest BCUT2D eigenvalue weighted by molar-refractivity contribution is 7.15. The van der Waals surface area contributed by atoms with Gasteiger partial charge in [0.2, 0.25) is 0 Å². The second-order valence-electron chi connectivity index (χ2n) is 4.13. The highest BCUT2D eigenvalue weighted by atomic mass is 32.1. The number of hydrogen-bond acceptors (Lipinski definition) is 3. The Morgan fingerprint density at radius 1 is 1.43 bits per heavy atom. The molecule has 2 nitrogen and oxygen atoms in total. The molecule has 0 aliphatic heterocycles. The summed E-state index contributed by atoms with van der Waals surface area (Å²) in [6.07, 6.45) is 7.64. The van der Waals surface area contributed by atoms with Crippen molar-refractivity contribution in [2.24, 2.45) is 5.92 Å². The summed E-state index contributed by atoms with van der Waals surface area (Å²) in [5.74, 6) is 0.923. The van der Waals surface area contributed by atoms with Gasteiger partial charge in [0.15, 0.2) is 5.13 Å². The van der Waals surface area contributed by atoms with Gasteiger partial charge in [0.1, 0.15) is 0 Å². The summed E-state index contributed by atoms with van der Waals surface area (Å²) in [7, 11) is 0. The molecule has 14 heavy (non-hydrogen) atoms. The van der Waals surface area contributed by atoms with E-state index in [9.17, 15) is 0 Å². The van der Waals surface area contributed by atoms with Gasteiger partial charge in [-0.1, -0.05) is 19.8 Å². The first-order valence-electron chi connectivity index (χ1n) is 5.53. The van der Waals surface area contributed by atoms with Crippen LogP contribution in [0.2, 0.25) is 0 Å². The lowest BCUT2D eigenvalue weighted by molar-refractivity contribution is 0.415. The molecular weight excluding hydrogens is 192 g/mol. The number of thiazole rings is 1. The summed E-state index contributed by atoms with van der Waals surface area (Å²) < 4.78 is 0. The predicted molar refractivity (Wildman–Crippen MR) is 61.6 cm³/mol. The number of aromatic nitrogens is 1. The van der Waals surface area contributed by atoms with Crippen molar-refractivity contribution in [1.29, 1.82) is 0 Å². The summed E-state index contributed by atoms with van der Waals surface area (Å²) in [6, 6.07) is 0. The van der Waals surface area contributed by atoms with E-state index in [1.54, 1.807) is 11.3 Å². The second-order valence-corrected chi connectivity index (χ2v) is 5.24. The van der Waals surface area contributed by atoms with Crippen LogP contribution in [0.1, 0.15) is 43.2 Å². The van der Waals surface area contributed by atoms with Crippen molar-refractivity contribution in [2.75, 3.05) is 5.73 Å². The molecule has 0 fully saturated rings. The van der Waals surface area contributed by atoms with Crippen LogP contribution in [0.15, 0.2) is 0 Å². The smallest absolute Gasteiger partial charge is 0.180 e. The van der Waals surface area contributed by atoms with Gasteiger partial charge in [-0.15, -0.1) is 11.3 Å². The molecule has 3 heteroatoms. The molecule has 1 aromatic rings. The topological polar surface area (TPSA) is 38.9 Å². The SMILES string of the molecule is CCC1CCCc2nc(N)sc2CC1. The van der Waals surface area contributed by atoms with Crippen LogP contribution in [0.3, 0.4) is 0 Å². The van der Waals surface area contributed by atoms with E-state index in [2.05, 4.69) is 11.9 Å². The molecule has 0 saturated heterocycles. The molecule has 0 bridgehead atoms. The quantitative estimate of drug-likeness (QED) is 0.774. The zero-order valence-corrected chi connectivity index (χ0v) is 9.57. The van der Waals surface area contributed by atoms with E-state index in [1.165, 1.54) is 42.7 Å². The van der Waals surface area contributed by atoms with Gasteiger partial charge >= 0.3 is 0 Å². The summed E-state index contributed by atoms with van der Waals surface area (Å²) in [6.45, 7) is 2.30. The molecule has 1 aromatic heterocycles. The van der Waals surface area contributed by atoms with E-state index in [0.717, 1.165) is 17.5 Å². The van der Waals surface area contributed by atoms with Gasteiger partial charge in [-0.25, -0.2) is 4.98 Å². The summed E-state index contributed by atoms with van der Waals surface area (Å²) >= 11 is 1.69. The lowest BCUT2D eigenvalue weighted by Crippen LogP contribution is -2.06. The standard InChI is InChI=1S/C11H18N2S/c1-2-8-4-3-5-9-10(7-6-8)14-11(12)13-9/h8H,2-7H2,1H3,(H2,12,13). The first kappa shape index (κ1) is 9.97. The average Bonchev–Trinajstić information content (AvgIpc) is 2.47. The third kappa shape index (κ3) is 2.08. The number of fused-ring (bicyclic) bond motifs is 1. The number of nitrogens with two attached hydrogens (primary N) is 1. The number of anilines is 1. The first-order chi connectivity index (χ1) is 6.79. The van der Waals surface area contributed by atoms with Crippen LogP contribution < -0.4 is 5.73 Å². The predicted octanol–water partition coefficient (Wildman–Crippen LogP) is 3.02. The number of nitrogen functional groups attached to an aromatic ring is 1. The normalized spacial score (nSPS) is 22.5. The van der Waals surface area contributed by atoms with Crippen LogP contribution >= 0.6 is 11.3 Å². The van der Waals surface area contributed by atoms with Crippen LogP contribution in [0.25, 0.3) is 0 Å². The van der Waals surface area contributed by atoms with Gasteiger partial charge in [0, 0.05) is 4.88 Å². The molecule has 1 aliphatic rings. The van der Waals surface area contributed by atoms with E-state index in [1.807, 2.05) is 0 Å². The van der Waals surface area contributed by atoms with E-state index in [4.69, 9.17) is 5.73 Å². The Bertz CT molecular complexity index is 306. The number of hydrogen-bond donors (Lipinski definition) is 1. The maximum Gasteiger partial charge on any atom is 0.180 e. The zero-order chi connectivity index (χ0) is 9.97. The molecule has 0 saturated carbocycles. The third-order valence-electron chi connectivity index (χ3n) is 3.18. The van der Waals surface area contributed by atoms with Crippen molar-refractivity contribution >= 4 is 16.5 Å². The van der Waals surface area contributed by atoms with Gasteiger partial charge in [-0.05, 0) is 31.6 Å². The van der Waals surface area contributed by atoms with Crippen molar-refractivity contribution in [3.05, 3.63) is 10.6 Å². The minimum absolute atomic E-state index is 0.755. The molecule has 0 spiro atoms. The van der Waals surface area contributed by atoms with Gasteiger partial charge in [-0.2, -0.15) is 0 Å². The maximum atomic E-state index is 5.73. The van der Waals surface area contributed by atoms with Crippen molar-refractivity contribution in [3.8, 4) is 0 Å². The Morgan fingerprint density at radius 3 is 3.07 bits per heavy atom. The molecule has 1 aliphatic carbocycles. The Balaban J connectivity index is 2.12. The van der Waals surface area contributed by atoms with E-state index >= 15 is 0 Å². The van der Waals surface area contributed by atoms with E-state index in [0.29, 0.717) is 0 Å². The maximum absolute atomic E-state index is 5.73. The van der Waals surface area contributed by atoms with Gasteiger partial charge < -0.3 is 5.73 Å². The molecule has 2 rings (SSSR count). The van der Waals surface area contributed by atoms with E-state index < -0.39 is 0 Å². The first-order valence-corrected chi connectivity index (χ1v) is 6.35. The molecule has 0 radical (unpaired) electrons.